The summed E-state index contributed by atoms with van der Waals surface area (Å²) in [5.41, 5.74) is -0.109. The summed E-state index contributed by atoms with van der Waals surface area (Å²) in [6.45, 7) is 19.8. The van der Waals surface area contributed by atoms with Gasteiger partial charge in [0.15, 0.2) is 0 Å². The molecule has 0 radical (unpaired) electrons. The van der Waals surface area contributed by atoms with E-state index in [-0.39, 0.29) is 40.8 Å². The molecule has 6 nitrogen and oxygen atoms in total. The third-order valence-electron chi connectivity index (χ3n) is 7.78. The Hall–Kier alpha value is -1.14. The van der Waals surface area contributed by atoms with Crippen LogP contribution in [0.5, 0.6) is 0 Å². The monoisotopic (exact) mass is 480 g/mol. The van der Waals surface area contributed by atoms with Crippen LogP contribution in [0.15, 0.2) is 0 Å². The van der Waals surface area contributed by atoms with Gasteiger partial charge in [0, 0.05) is 61.2 Å². The van der Waals surface area contributed by atoms with E-state index in [9.17, 15) is 9.59 Å². The Labute approximate surface area is 208 Å². The minimum Gasteiger partial charge on any atom is -0.462 e. The molecule has 2 aliphatic rings. The standard InChI is InChI=1S/C28H52N2O4/c1-19(2)23-15-21(16-26(5,6)29-23)33-24(31)13-11-10-12-14-25(32)34-22-17-27(7,8)30-28(9,18-22)20(3)4/h19-23,29-30H,10-18H2,1-9H3. The largest absolute Gasteiger partial charge is 0.462 e. The van der Waals surface area contributed by atoms with Gasteiger partial charge in [-0.3, -0.25) is 9.59 Å². The van der Waals surface area contributed by atoms with Crippen LogP contribution in [-0.2, 0) is 19.1 Å². The summed E-state index contributed by atoms with van der Waals surface area (Å²) in [7, 11) is 0. The van der Waals surface area contributed by atoms with Crippen LogP contribution in [-0.4, -0.2) is 46.8 Å². The van der Waals surface area contributed by atoms with Crippen LogP contribution in [0.25, 0.3) is 0 Å². The smallest absolute Gasteiger partial charge is 0.306 e. The van der Waals surface area contributed by atoms with Crippen molar-refractivity contribution in [2.45, 2.75) is 155 Å². The van der Waals surface area contributed by atoms with Gasteiger partial charge >= 0.3 is 11.9 Å². The van der Waals surface area contributed by atoms with Gasteiger partial charge in [-0.15, -0.1) is 0 Å². The molecule has 2 rings (SSSR count). The van der Waals surface area contributed by atoms with E-state index in [1.807, 2.05) is 0 Å². The molecule has 0 spiro atoms. The van der Waals surface area contributed by atoms with Gasteiger partial charge in [0.2, 0.25) is 0 Å². The third-order valence-corrected chi connectivity index (χ3v) is 7.78. The lowest BCUT2D eigenvalue weighted by Crippen LogP contribution is -2.63. The van der Waals surface area contributed by atoms with E-state index >= 15 is 0 Å². The van der Waals surface area contributed by atoms with Crippen molar-refractivity contribution in [1.29, 1.82) is 0 Å². The molecular formula is C28H52N2O4. The van der Waals surface area contributed by atoms with Crippen LogP contribution in [0.1, 0.15) is 120 Å². The summed E-state index contributed by atoms with van der Waals surface area (Å²) in [4.78, 5) is 24.9. The van der Waals surface area contributed by atoms with Crippen molar-refractivity contribution >= 4 is 11.9 Å². The number of hydrogen-bond acceptors (Lipinski definition) is 6. The molecule has 4 atom stereocenters. The molecule has 0 aromatic heterocycles. The molecule has 0 aromatic rings. The fourth-order valence-corrected chi connectivity index (χ4v) is 5.74. The van der Waals surface area contributed by atoms with Crippen LogP contribution >= 0.6 is 0 Å². The van der Waals surface area contributed by atoms with Crippen molar-refractivity contribution in [3.05, 3.63) is 0 Å². The second kappa shape index (κ2) is 11.7. The highest BCUT2D eigenvalue weighted by atomic mass is 16.5. The molecule has 0 saturated carbocycles. The van der Waals surface area contributed by atoms with Gasteiger partial charge in [-0.1, -0.05) is 34.1 Å². The highest BCUT2D eigenvalue weighted by Crippen LogP contribution is 2.35. The number of nitrogens with one attached hydrogen (secondary N) is 2. The average Bonchev–Trinajstić information content (AvgIpc) is 2.64. The van der Waals surface area contributed by atoms with Gasteiger partial charge in [0.05, 0.1) is 0 Å². The Balaban J connectivity index is 1.67. The van der Waals surface area contributed by atoms with E-state index in [0.29, 0.717) is 30.7 Å². The first-order chi connectivity index (χ1) is 15.6. The second-order valence-corrected chi connectivity index (χ2v) is 13.1. The number of unbranched alkanes of at least 4 members (excludes halogenated alkanes) is 2. The number of hydrogen-bond donors (Lipinski definition) is 2. The lowest BCUT2D eigenvalue weighted by Gasteiger charge is -2.49. The average molecular weight is 481 g/mol. The van der Waals surface area contributed by atoms with Gasteiger partial charge in [0.25, 0.3) is 0 Å². The number of rotatable bonds is 10. The van der Waals surface area contributed by atoms with Crippen molar-refractivity contribution in [3.63, 3.8) is 0 Å². The quantitative estimate of drug-likeness (QED) is 0.316. The maximum Gasteiger partial charge on any atom is 0.306 e. The normalized spacial score (nSPS) is 30.9. The topological polar surface area (TPSA) is 76.7 Å². The summed E-state index contributed by atoms with van der Waals surface area (Å²) >= 11 is 0. The van der Waals surface area contributed by atoms with E-state index in [1.54, 1.807) is 0 Å². The molecule has 4 unspecified atom stereocenters. The number of carbonyl (C=O) groups excluding carboxylic acids is 2. The second-order valence-electron chi connectivity index (χ2n) is 13.1. The Morgan fingerprint density at radius 2 is 1.32 bits per heavy atom. The summed E-state index contributed by atoms with van der Waals surface area (Å²) in [6, 6.07) is 0.372. The van der Waals surface area contributed by atoms with Gasteiger partial charge in [0.1, 0.15) is 12.2 Å². The molecule has 2 aliphatic heterocycles. The molecular weight excluding hydrogens is 428 g/mol. The lowest BCUT2D eigenvalue weighted by molar-refractivity contribution is -0.154. The van der Waals surface area contributed by atoms with Crippen LogP contribution in [0.3, 0.4) is 0 Å². The molecule has 0 amide bonds. The number of piperidine rings is 2. The van der Waals surface area contributed by atoms with E-state index in [0.717, 1.165) is 44.9 Å². The number of esters is 2. The zero-order chi connectivity index (χ0) is 25.7. The first-order valence-electron chi connectivity index (χ1n) is 13.6. The zero-order valence-corrected chi connectivity index (χ0v) is 23.4. The Morgan fingerprint density at radius 1 is 0.794 bits per heavy atom. The van der Waals surface area contributed by atoms with E-state index in [1.165, 1.54) is 0 Å². The molecule has 198 valence electrons. The summed E-state index contributed by atoms with van der Waals surface area (Å²) in [5, 5.41) is 7.42. The zero-order valence-electron chi connectivity index (χ0n) is 23.4. The van der Waals surface area contributed by atoms with E-state index in [4.69, 9.17) is 9.47 Å². The molecule has 0 bridgehead atoms. The van der Waals surface area contributed by atoms with Gasteiger partial charge in [-0.05, 0) is 59.3 Å². The van der Waals surface area contributed by atoms with Crippen LogP contribution in [0.4, 0.5) is 0 Å². The first kappa shape index (κ1) is 29.1. The molecule has 0 aromatic carbocycles. The number of carbonyl (C=O) groups is 2. The van der Waals surface area contributed by atoms with Crippen LogP contribution < -0.4 is 10.6 Å². The molecule has 2 saturated heterocycles. The van der Waals surface area contributed by atoms with E-state index in [2.05, 4.69) is 72.9 Å². The minimum absolute atomic E-state index is 0.0168. The maximum absolute atomic E-state index is 12.5. The minimum atomic E-state index is -0.118. The van der Waals surface area contributed by atoms with Crippen molar-refractivity contribution in [2.75, 3.05) is 0 Å². The molecule has 2 N–H and O–H groups in total. The van der Waals surface area contributed by atoms with Crippen LogP contribution in [0, 0.1) is 11.8 Å². The molecule has 2 heterocycles. The predicted octanol–water partition coefficient (Wildman–Crippen LogP) is 5.52. The molecule has 2 fully saturated rings. The van der Waals surface area contributed by atoms with Crippen LogP contribution in [0.2, 0.25) is 0 Å². The summed E-state index contributed by atoms with van der Waals surface area (Å²) in [6.07, 6.45) is 6.49. The van der Waals surface area contributed by atoms with E-state index < -0.39 is 0 Å². The maximum atomic E-state index is 12.5. The van der Waals surface area contributed by atoms with Crippen molar-refractivity contribution < 1.29 is 19.1 Å². The van der Waals surface area contributed by atoms with Crippen molar-refractivity contribution in [1.82, 2.24) is 10.6 Å². The SMILES string of the molecule is CC(C)C1CC(OC(=O)CCCCCC(=O)OC2CC(C)(C)NC(C)(C(C)C)C2)CC(C)(C)N1. The summed E-state index contributed by atoms with van der Waals surface area (Å²) in [5.74, 6) is 0.738. The van der Waals surface area contributed by atoms with Gasteiger partial charge in [-0.25, -0.2) is 0 Å². The molecule has 6 heteroatoms. The Kier molecular flexibility index (Phi) is 10.0. The van der Waals surface area contributed by atoms with Crippen molar-refractivity contribution in [3.8, 4) is 0 Å². The number of ether oxygens (including phenoxy) is 2. The van der Waals surface area contributed by atoms with Gasteiger partial charge in [-0.2, -0.15) is 0 Å². The Bertz CT molecular complexity index is 688. The molecule has 34 heavy (non-hydrogen) atoms. The molecule has 0 aliphatic carbocycles. The predicted molar refractivity (Wildman–Crippen MR) is 138 cm³/mol. The highest BCUT2D eigenvalue weighted by molar-refractivity contribution is 5.70. The third kappa shape index (κ3) is 9.14. The first-order valence-corrected chi connectivity index (χ1v) is 13.6. The fraction of sp³-hybridized carbons (Fsp3) is 0.929. The lowest BCUT2D eigenvalue weighted by atomic mass is 9.74. The van der Waals surface area contributed by atoms with Gasteiger partial charge < -0.3 is 20.1 Å². The Morgan fingerprint density at radius 3 is 1.85 bits per heavy atom. The highest BCUT2D eigenvalue weighted by Gasteiger charge is 2.43. The summed E-state index contributed by atoms with van der Waals surface area (Å²) < 4.78 is 11.7. The fourth-order valence-electron chi connectivity index (χ4n) is 5.74. The van der Waals surface area contributed by atoms with Crippen molar-refractivity contribution in [2.24, 2.45) is 11.8 Å².